The molecule has 0 fully saturated rings. The first-order chi connectivity index (χ1) is 9.06. The second-order valence-corrected chi connectivity index (χ2v) is 3.65. The van der Waals surface area contributed by atoms with E-state index in [-0.39, 0.29) is 0 Å². The van der Waals surface area contributed by atoms with Crippen LogP contribution in [0, 0.1) is 0 Å². The van der Waals surface area contributed by atoms with E-state index in [2.05, 4.69) is 5.32 Å². The summed E-state index contributed by atoms with van der Waals surface area (Å²) in [7, 11) is 0. The van der Waals surface area contributed by atoms with E-state index in [0.717, 1.165) is 0 Å². The molecular weight excluding hydrogens is 250 g/mol. The normalized spacial score (nSPS) is 9.79. The minimum atomic E-state index is -1.17. The molecule has 0 saturated heterocycles. The Labute approximate surface area is 111 Å². The Morgan fingerprint density at radius 2 is 1.79 bits per heavy atom. The molecule has 1 aromatic rings. The highest BCUT2D eigenvalue weighted by molar-refractivity contribution is 6.01. The lowest BCUT2D eigenvalue weighted by atomic mass is 10.2. The predicted molar refractivity (Wildman–Crippen MR) is 69.7 cm³/mol. The summed E-state index contributed by atoms with van der Waals surface area (Å²) in [5, 5.41) is 11.0. The van der Waals surface area contributed by atoms with Gasteiger partial charge in [0.2, 0.25) is 5.91 Å². The third-order valence-corrected chi connectivity index (χ3v) is 2.14. The first-order valence-corrected chi connectivity index (χ1v) is 5.98. The summed E-state index contributed by atoms with van der Waals surface area (Å²) < 4.78 is 10.8. The Hall–Kier alpha value is -2.24. The van der Waals surface area contributed by atoms with Crippen LogP contribution in [-0.2, 0) is 9.59 Å². The Balaban J connectivity index is 2.82. The van der Waals surface area contributed by atoms with Gasteiger partial charge in [0.15, 0.2) is 11.5 Å². The fraction of sp³-hybridized carbons (Fsp3) is 0.385. The molecule has 1 amide bonds. The lowest BCUT2D eigenvalue weighted by molar-refractivity contribution is -0.139. The van der Waals surface area contributed by atoms with Gasteiger partial charge in [0.1, 0.15) is 6.42 Å². The summed E-state index contributed by atoms with van der Waals surface area (Å²) in [5.74, 6) is -0.661. The number of carbonyl (C=O) groups is 2. The quantitative estimate of drug-likeness (QED) is 0.737. The minimum absolute atomic E-state index is 0.465. The maximum Gasteiger partial charge on any atom is 0.312 e. The van der Waals surface area contributed by atoms with Crippen molar-refractivity contribution in [2.45, 2.75) is 20.3 Å². The average Bonchev–Trinajstić information content (AvgIpc) is 2.32. The molecule has 1 rings (SSSR count). The number of anilines is 1. The number of hydrogen-bond donors (Lipinski definition) is 2. The van der Waals surface area contributed by atoms with Gasteiger partial charge in [-0.1, -0.05) is 0 Å². The summed E-state index contributed by atoms with van der Waals surface area (Å²) >= 11 is 0. The number of nitrogens with one attached hydrogen (secondary N) is 1. The molecule has 0 radical (unpaired) electrons. The molecule has 0 aliphatic carbocycles. The van der Waals surface area contributed by atoms with Crippen LogP contribution in [0.4, 0.5) is 5.69 Å². The minimum Gasteiger partial charge on any atom is -0.490 e. The maximum absolute atomic E-state index is 11.3. The number of amides is 1. The smallest absolute Gasteiger partial charge is 0.312 e. The van der Waals surface area contributed by atoms with E-state index in [9.17, 15) is 9.59 Å². The third kappa shape index (κ3) is 4.87. The fourth-order valence-electron chi connectivity index (χ4n) is 1.47. The average molecular weight is 267 g/mol. The molecular formula is C13H17NO5. The van der Waals surface area contributed by atoms with Gasteiger partial charge in [-0.2, -0.15) is 0 Å². The fourth-order valence-corrected chi connectivity index (χ4v) is 1.47. The number of rotatable bonds is 7. The molecule has 0 aliphatic rings. The number of carbonyl (C=O) groups excluding carboxylic acids is 1. The molecule has 6 heteroatoms. The van der Waals surface area contributed by atoms with Crippen LogP contribution in [0.3, 0.4) is 0 Å². The zero-order valence-corrected chi connectivity index (χ0v) is 10.9. The van der Waals surface area contributed by atoms with Crippen molar-refractivity contribution in [2.24, 2.45) is 0 Å². The number of carboxylic acid groups (broad SMARTS) is 1. The van der Waals surface area contributed by atoms with Gasteiger partial charge in [0, 0.05) is 11.8 Å². The zero-order valence-electron chi connectivity index (χ0n) is 10.9. The topological polar surface area (TPSA) is 84.9 Å². The Bertz CT molecular complexity index is 458. The summed E-state index contributed by atoms with van der Waals surface area (Å²) in [5.41, 5.74) is 0.471. The highest BCUT2D eigenvalue weighted by atomic mass is 16.5. The molecule has 2 N–H and O–H groups in total. The van der Waals surface area contributed by atoms with Gasteiger partial charge < -0.3 is 19.9 Å². The Morgan fingerprint density at radius 1 is 1.16 bits per heavy atom. The summed E-state index contributed by atoms with van der Waals surface area (Å²) in [6.07, 6.45) is -0.572. The van der Waals surface area contributed by atoms with Crippen LogP contribution in [0.25, 0.3) is 0 Å². The molecule has 6 nitrogen and oxygen atoms in total. The van der Waals surface area contributed by atoms with Crippen LogP contribution in [0.2, 0.25) is 0 Å². The summed E-state index contributed by atoms with van der Waals surface area (Å²) in [6, 6.07) is 4.91. The zero-order chi connectivity index (χ0) is 14.3. The first kappa shape index (κ1) is 14.8. The molecule has 19 heavy (non-hydrogen) atoms. The van der Waals surface area contributed by atoms with E-state index < -0.39 is 18.3 Å². The van der Waals surface area contributed by atoms with Crippen molar-refractivity contribution in [2.75, 3.05) is 18.5 Å². The van der Waals surface area contributed by atoms with Crippen LogP contribution in [0.5, 0.6) is 11.5 Å². The number of ether oxygens (including phenoxy) is 2. The van der Waals surface area contributed by atoms with E-state index in [4.69, 9.17) is 14.6 Å². The van der Waals surface area contributed by atoms with Gasteiger partial charge in [0.25, 0.3) is 0 Å². The Morgan fingerprint density at radius 3 is 2.37 bits per heavy atom. The van der Waals surface area contributed by atoms with Crippen molar-refractivity contribution in [3.8, 4) is 11.5 Å². The lowest BCUT2D eigenvalue weighted by Crippen LogP contribution is -2.16. The largest absolute Gasteiger partial charge is 0.490 e. The maximum atomic E-state index is 11.3. The van der Waals surface area contributed by atoms with Gasteiger partial charge in [-0.3, -0.25) is 9.59 Å². The van der Waals surface area contributed by atoms with Crippen molar-refractivity contribution >= 4 is 17.6 Å². The predicted octanol–water partition coefficient (Wildman–Crippen LogP) is 1.90. The van der Waals surface area contributed by atoms with Crippen LogP contribution >= 0.6 is 0 Å². The third-order valence-electron chi connectivity index (χ3n) is 2.14. The first-order valence-electron chi connectivity index (χ1n) is 5.98. The highest BCUT2D eigenvalue weighted by Crippen LogP contribution is 2.30. The second-order valence-electron chi connectivity index (χ2n) is 3.65. The van der Waals surface area contributed by atoms with Gasteiger partial charge in [0.05, 0.1) is 13.2 Å². The van der Waals surface area contributed by atoms with E-state index in [0.29, 0.717) is 30.4 Å². The number of aliphatic carboxylic acids is 1. The molecule has 0 bridgehead atoms. The number of carboxylic acids is 1. The van der Waals surface area contributed by atoms with Crippen LogP contribution in [-0.4, -0.2) is 30.2 Å². The lowest BCUT2D eigenvalue weighted by Gasteiger charge is -2.12. The highest BCUT2D eigenvalue weighted by Gasteiger charge is 2.10. The molecule has 0 heterocycles. The van der Waals surface area contributed by atoms with Gasteiger partial charge in [-0.25, -0.2) is 0 Å². The van der Waals surface area contributed by atoms with E-state index >= 15 is 0 Å². The number of hydrogen-bond acceptors (Lipinski definition) is 4. The molecule has 0 atom stereocenters. The molecule has 0 unspecified atom stereocenters. The van der Waals surface area contributed by atoms with Crippen molar-refractivity contribution in [1.29, 1.82) is 0 Å². The van der Waals surface area contributed by atoms with Crippen molar-refractivity contribution in [3.05, 3.63) is 18.2 Å². The molecule has 0 spiro atoms. The molecule has 0 aliphatic heterocycles. The standard InChI is InChI=1S/C13H17NO5/c1-3-18-10-6-5-9(7-11(10)19-4-2)14-12(15)8-13(16)17/h5-7H,3-4,8H2,1-2H3,(H,14,15)(H,16,17). The van der Waals surface area contributed by atoms with Crippen molar-refractivity contribution in [1.82, 2.24) is 0 Å². The SMILES string of the molecule is CCOc1ccc(NC(=O)CC(=O)O)cc1OCC. The van der Waals surface area contributed by atoms with E-state index in [1.807, 2.05) is 13.8 Å². The Kier molecular flexibility index (Phi) is 5.66. The molecule has 0 saturated carbocycles. The van der Waals surface area contributed by atoms with Gasteiger partial charge >= 0.3 is 5.97 Å². The van der Waals surface area contributed by atoms with Crippen LogP contribution in [0.15, 0.2) is 18.2 Å². The second kappa shape index (κ2) is 7.25. The van der Waals surface area contributed by atoms with Gasteiger partial charge in [-0.05, 0) is 26.0 Å². The van der Waals surface area contributed by atoms with Gasteiger partial charge in [-0.15, -0.1) is 0 Å². The van der Waals surface area contributed by atoms with Crippen molar-refractivity contribution < 1.29 is 24.2 Å². The van der Waals surface area contributed by atoms with Crippen LogP contribution in [0.1, 0.15) is 20.3 Å². The summed E-state index contributed by atoms with van der Waals surface area (Å²) in [6.45, 7) is 4.67. The van der Waals surface area contributed by atoms with E-state index in [1.165, 1.54) is 0 Å². The molecule has 1 aromatic carbocycles. The monoisotopic (exact) mass is 267 g/mol. The van der Waals surface area contributed by atoms with E-state index in [1.54, 1.807) is 18.2 Å². The summed E-state index contributed by atoms with van der Waals surface area (Å²) in [4.78, 5) is 21.7. The van der Waals surface area contributed by atoms with Crippen molar-refractivity contribution in [3.63, 3.8) is 0 Å². The number of benzene rings is 1. The van der Waals surface area contributed by atoms with Crippen LogP contribution < -0.4 is 14.8 Å². The molecule has 104 valence electrons. The molecule has 0 aromatic heterocycles.